The van der Waals surface area contributed by atoms with Crippen LogP contribution in [0.3, 0.4) is 0 Å². The lowest BCUT2D eigenvalue weighted by Gasteiger charge is -2.20. The first-order chi connectivity index (χ1) is 13.6. The summed E-state index contributed by atoms with van der Waals surface area (Å²) in [6.45, 7) is 9.95. The van der Waals surface area contributed by atoms with E-state index in [2.05, 4.69) is 20.1 Å². The zero-order valence-corrected chi connectivity index (χ0v) is 18.2. The van der Waals surface area contributed by atoms with Crippen LogP contribution in [-0.4, -0.2) is 28.7 Å². The van der Waals surface area contributed by atoms with Gasteiger partial charge in [0.25, 0.3) is 0 Å². The first-order valence-electron chi connectivity index (χ1n) is 9.41. The highest BCUT2D eigenvalue weighted by atomic mass is 32.2. The fourth-order valence-corrected chi connectivity index (χ4v) is 4.40. The zero-order valence-electron chi connectivity index (χ0n) is 17.4. The van der Waals surface area contributed by atoms with Gasteiger partial charge in [-0.2, -0.15) is 5.10 Å². The van der Waals surface area contributed by atoms with Crippen molar-refractivity contribution in [2.75, 3.05) is 5.32 Å². The largest absolute Gasteiger partial charge is 0.366 e. The molecule has 29 heavy (non-hydrogen) atoms. The molecule has 0 saturated carbocycles. The topological polar surface area (TPSA) is 88.9 Å². The van der Waals surface area contributed by atoms with Crippen molar-refractivity contribution in [1.29, 1.82) is 0 Å². The summed E-state index contributed by atoms with van der Waals surface area (Å²) < 4.78 is 29.3. The molecule has 2 heterocycles. The van der Waals surface area contributed by atoms with Gasteiger partial charge in [0.15, 0.2) is 0 Å². The number of aromatic nitrogens is 3. The number of rotatable bonds is 6. The molecule has 2 aromatic heterocycles. The number of para-hydroxylation sites is 1. The minimum absolute atomic E-state index is 0.141. The summed E-state index contributed by atoms with van der Waals surface area (Å²) in [7, 11) is -3.60. The summed E-state index contributed by atoms with van der Waals surface area (Å²) in [6.07, 6.45) is 1.36. The lowest BCUT2D eigenvalue weighted by atomic mass is 10.1. The van der Waals surface area contributed by atoms with E-state index in [0.29, 0.717) is 12.4 Å². The van der Waals surface area contributed by atoms with E-state index in [1.807, 2.05) is 48.9 Å². The molecule has 8 heteroatoms. The van der Waals surface area contributed by atoms with Crippen molar-refractivity contribution in [2.45, 2.75) is 51.6 Å². The molecular formula is C21H27N5O2S. The van der Waals surface area contributed by atoms with Gasteiger partial charge >= 0.3 is 0 Å². The summed E-state index contributed by atoms with van der Waals surface area (Å²) in [6, 6.07) is 13.2. The molecule has 2 N–H and O–H groups in total. The second-order valence-electron chi connectivity index (χ2n) is 7.98. The molecule has 154 valence electrons. The van der Waals surface area contributed by atoms with Crippen LogP contribution in [0.2, 0.25) is 0 Å². The van der Waals surface area contributed by atoms with Gasteiger partial charge in [0.05, 0.1) is 11.4 Å². The minimum atomic E-state index is -3.60. The molecule has 1 aromatic carbocycles. The summed E-state index contributed by atoms with van der Waals surface area (Å²) >= 11 is 0. The summed E-state index contributed by atoms with van der Waals surface area (Å²) in [5.41, 5.74) is 3.53. The van der Waals surface area contributed by atoms with E-state index >= 15 is 0 Å². The lowest BCUT2D eigenvalue weighted by molar-refractivity contribution is 0.491. The third-order valence-corrected chi connectivity index (χ3v) is 6.12. The SMILES string of the molecule is Cc1nn(-c2ccccc2)c(C)c1CNc1ccc(S(=O)(=O)NC(C)(C)C)cn1. The average Bonchev–Trinajstić information content (AvgIpc) is 2.93. The van der Waals surface area contributed by atoms with Gasteiger partial charge in [-0.25, -0.2) is 22.8 Å². The van der Waals surface area contributed by atoms with Gasteiger partial charge in [0, 0.05) is 29.5 Å². The van der Waals surface area contributed by atoms with Crippen molar-refractivity contribution in [1.82, 2.24) is 19.5 Å². The maximum Gasteiger partial charge on any atom is 0.242 e. The van der Waals surface area contributed by atoms with E-state index in [0.717, 1.165) is 22.6 Å². The number of nitrogens with zero attached hydrogens (tertiary/aromatic N) is 3. The predicted molar refractivity (Wildman–Crippen MR) is 115 cm³/mol. The van der Waals surface area contributed by atoms with Gasteiger partial charge in [-0.05, 0) is 58.9 Å². The Hall–Kier alpha value is -2.71. The molecular weight excluding hydrogens is 386 g/mol. The number of aryl methyl sites for hydroxylation is 1. The highest BCUT2D eigenvalue weighted by Gasteiger charge is 2.22. The Kier molecular flexibility index (Phi) is 5.77. The number of nitrogens with one attached hydrogen (secondary N) is 2. The number of benzene rings is 1. The normalized spacial score (nSPS) is 12.2. The molecule has 0 aliphatic rings. The van der Waals surface area contributed by atoms with Gasteiger partial charge in [-0.3, -0.25) is 0 Å². The monoisotopic (exact) mass is 413 g/mol. The van der Waals surface area contributed by atoms with E-state index in [4.69, 9.17) is 0 Å². The third-order valence-electron chi connectivity index (χ3n) is 4.38. The number of anilines is 1. The molecule has 3 aromatic rings. The van der Waals surface area contributed by atoms with Crippen LogP contribution in [0.25, 0.3) is 5.69 Å². The molecule has 0 aliphatic heterocycles. The lowest BCUT2D eigenvalue weighted by Crippen LogP contribution is -2.40. The molecule has 0 atom stereocenters. The zero-order chi connectivity index (χ0) is 21.2. The number of hydrogen-bond donors (Lipinski definition) is 2. The van der Waals surface area contributed by atoms with Gasteiger partial charge < -0.3 is 5.32 Å². The molecule has 0 unspecified atom stereocenters. The van der Waals surface area contributed by atoms with E-state index in [9.17, 15) is 8.42 Å². The van der Waals surface area contributed by atoms with Crippen molar-refractivity contribution in [3.05, 3.63) is 65.6 Å². The highest BCUT2D eigenvalue weighted by molar-refractivity contribution is 7.89. The van der Waals surface area contributed by atoms with Crippen LogP contribution in [0, 0.1) is 13.8 Å². The Morgan fingerprint density at radius 1 is 1.03 bits per heavy atom. The quantitative estimate of drug-likeness (QED) is 0.645. The van der Waals surface area contributed by atoms with Crippen molar-refractivity contribution in [3.63, 3.8) is 0 Å². The number of sulfonamides is 1. The van der Waals surface area contributed by atoms with Gasteiger partial charge in [0.2, 0.25) is 10.0 Å². The first-order valence-corrected chi connectivity index (χ1v) is 10.9. The fraction of sp³-hybridized carbons (Fsp3) is 0.333. The van der Waals surface area contributed by atoms with Crippen molar-refractivity contribution >= 4 is 15.8 Å². The van der Waals surface area contributed by atoms with Gasteiger partial charge in [0.1, 0.15) is 10.7 Å². The molecule has 0 spiro atoms. The number of hydrogen-bond acceptors (Lipinski definition) is 5. The minimum Gasteiger partial charge on any atom is -0.366 e. The summed E-state index contributed by atoms with van der Waals surface area (Å²) in [5, 5.41) is 7.90. The molecule has 0 saturated heterocycles. The van der Waals surface area contributed by atoms with E-state index < -0.39 is 15.6 Å². The summed E-state index contributed by atoms with van der Waals surface area (Å²) in [5.74, 6) is 0.603. The molecule has 7 nitrogen and oxygen atoms in total. The molecule has 0 radical (unpaired) electrons. The van der Waals surface area contributed by atoms with Crippen LogP contribution < -0.4 is 10.0 Å². The third kappa shape index (κ3) is 5.02. The standard InChI is InChI=1S/C21H27N5O2S/c1-15-19(16(2)26(24-15)17-9-7-6-8-10-17)14-23-20-12-11-18(13-22-20)29(27,28)25-21(3,4)5/h6-13,25H,14H2,1-5H3,(H,22,23). The van der Waals surface area contributed by atoms with E-state index in [-0.39, 0.29) is 4.90 Å². The maximum absolute atomic E-state index is 12.4. The highest BCUT2D eigenvalue weighted by Crippen LogP contribution is 2.19. The molecule has 0 aliphatic carbocycles. The molecule has 0 fully saturated rings. The summed E-state index contributed by atoms with van der Waals surface area (Å²) in [4.78, 5) is 4.40. The van der Waals surface area contributed by atoms with Crippen LogP contribution in [0.5, 0.6) is 0 Å². The van der Waals surface area contributed by atoms with Crippen LogP contribution in [-0.2, 0) is 16.6 Å². The van der Waals surface area contributed by atoms with Crippen LogP contribution in [0.4, 0.5) is 5.82 Å². The Bertz CT molecular complexity index is 1080. The van der Waals surface area contributed by atoms with Crippen molar-refractivity contribution in [2.24, 2.45) is 0 Å². The molecule has 3 rings (SSSR count). The number of pyridine rings is 1. The second kappa shape index (κ2) is 7.96. The van der Waals surface area contributed by atoms with Crippen LogP contribution in [0.1, 0.15) is 37.7 Å². The second-order valence-corrected chi connectivity index (χ2v) is 9.67. The Morgan fingerprint density at radius 2 is 1.72 bits per heavy atom. The van der Waals surface area contributed by atoms with Crippen LogP contribution in [0.15, 0.2) is 53.6 Å². The Labute approximate surface area is 172 Å². The molecule has 0 amide bonds. The Morgan fingerprint density at radius 3 is 2.31 bits per heavy atom. The fourth-order valence-electron chi connectivity index (χ4n) is 3.04. The maximum atomic E-state index is 12.4. The Balaban J connectivity index is 1.74. The first kappa shape index (κ1) is 21.0. The van der Waals surface area contributed by atoms with E-state index in [1.54, 1.807) is 32.9 Å². The van der Waals surface area contributed by atoms with Gasteiger partial charge in [-0.15, -0.1) is 0 Å². The average molecular weight is 414 g/mol. The smallest absolute Gasteiger partial charge is 0.242 e. The predicted octanol–water partition coefficient (Wildman–Crippen LogP) is 3.57. The van der Waals surface area contributed by atoms with E-state index in [1.165, 1.54) is 6.20 Å². The van der Waals surface area contributed by atoms with Gasteiger partial charge in [-0.1, -0.05) is 18.2 Å². The molecule has 0 bridgehead atoms. The van der Waals surface area contributed by atoms with Crippen molar-refractivity contribution < 1.29 is 8.42 Å². The van der Waals surface area contributed by atoms with Crippen LogP contribution >= 0.6 is 0 Å². The van der Waals surface area contributed by atoms with Crippen molar-refractivity contribution in [3.8, 4) is 5.69 Å².